The van der Waals surface area contributed by atoms with E-state index in [0.29, 0.717) is 41.6 Å². The smallest absolute Gasteiger partial charge is 0.257 e. The third-order valence-electron chi connectivity index (χ3n) is 5.43. The number of fused-ring (bicyclic) bond motifs is 3. The van der Waals surface area contributed by atoms with E-state index in [-0.39, 0.29) is 30.7 Å². The van der Waals surface area contributed by atoms with E-state index in [0.717, 1.165) is 16.0 Å². The van der Waals surface area contributed by atoms with Gasteiger partial charge in [0, 0.05) is 24.0 Å². The summed E-state index contributed by atoms with van der Waals surface area (Å²) in [5.41, 5.74) is 2.28. The Labute approximate surface area is 178 Å². The van der Waals surface area contributed by atoms with Crippen molar-refractivity contribution in [3.8, 4) is 11.5 Å². The summed E-state index contributed by atoms with van der Waals surface area (Å²) in [5, 5.41) is 3.42. The highest BCUT2D eigenvalue weighted by molar-refractivity contribution is 7.17. The van der Waals surface area contributed by atoms with Gasteiger partial charge in [-0.1, -0.05) is 0 Å². The van der Waals surface area contributed by atoms with Crippen LogP contribution in [0.15, 0.2) is 18.2 Å². The number of nitrogens with zero attached hydrogens (tertiary/aromatic N) is 2. The van der Waals surface area contributed by atoms with Crippen LogP contribution in [0.25, 0.3) is 0 Å². The van der Waals surface area contributed by atoms with Crippen molar-refractivity contribution in [1.82, 2.24) is 9.80 Å². The standard InChI is InChI=1S/C21H23N3O5S/c1-23-11-17(25)22-20-19(21(23)27)14-6-7-24(10-16(14)30-20)18(26)9-12-8-13(28-2)4-5-15(12)29-3/h4-5,8H,6-7,9-11H2,1-3H3,(H,22,25). The fraction of sp³-hybridized carbons (Fsp3) is 0.381. The number of hydrogen-bond acceptors (Lipinski definition) is 6. The maximum absolute atomic E-state index is 13.0. The minimum Gasteiger partial charge on any atom is -0.497 e. The van der Waals surface area contributed by atoms with Crippen LogP contribution in [0.2, 0.25) is 0 Å². The van der Waals surface area contributed by atoms with E-state index >= 15 is 0 Å². The lowest BCUT2D eigenvalue weighted by Gasteiger charge is -2.28. The molecule has 3 heterocycles. The molecular weight excluding hydrogens is 406 g/mol. The maximum atomic E-state index is 13.0. The van der Waals surface area contributed by atoms with Crippen LogP contribution in [0.4, 0.5) is 5.00 Å². The molecule has 158 valence electrons. The summed E-state index contributed by atoms with van der Waals surface area (Å²) in [4.78, 5) is 41.9. The van der Waals surface area contributed by atoms with Crippen LogP contribution in [0.5, 0.6) is 11.5 Å². The molecule has 2 aromatic rings. The normalized spacial score (nSPS) is 15.8. The molecule has 0 unspecified atom stereocenters. The highest BCUT2D eigenvalue weighted by Crippen LogP contribution is 2.39. The van der Waals surface area contributed by atoms with Crippen molar-refractivity contribution in [2.45, 2.75) is 19.4 Å². The third kappa shape index (κ3) is 3.60. The van der Waals surface area contributed by atoms with Gasteiger partial charge in [-0.15, -0.1) is 11.3 Å². The monoisotopic (exact) mass is 429 g/mol. The minimum absolute atomic E-state index is 0.0247. The highest BCUT2D eigenvalue weighted by atomic mass is 32.1. The van der Waals surface area contributed by atoms with Gasteiger partial charge in [0.05, 0.1) is 39.3 Å². The molecule has 1 aromatic heterocycles. The zero-order valence-electron chi connectivity index (χ0n) is 17.1. The van der Waals surface area contributed by atoms with Gasteiger partial charge in [-0.3, -0.25) is 14.4 Å². The van der Waals surface area contributed by atoms with Crippen LogP contribution in [0.1, 0.15) is 26.4 Å². The van der Waals surface area contributed by atoms with Gasteiger partial charge >= 0.3 is 0 Å². The average molecular weight is 429 g/mol. The van der Waals surface area contributed by atoms with E-state index in [1.165, 1.54) is 16.2 Å². The molecule has 2 aliphatic heterocycles. The van der Waals surface area contributed by atoms with Gasteiger partial charge in [0.25, 0.3) is 5.91 Å². The number of anilines is 1. The quantitative estimate of drug-likeness (QED) is 0.802. The lowest BCUT2D eigenvalue weighted by Crippen LogP contribution is -2.37. The minimum atomic E-state index is -0.207. The number of methoxy groups -OCH3 is 2. The predicted molar refractivity (Wildman–Crippen MR) is 112 cm³/mol. The fourth-order valence-electron chi connectivity index (χ4n) is 3.87. The first-order valence-electron chi connectivity index (χ1n) is 9.59. The number of rotatable bonds is 4. The first kappa shape index (κ1) is 20.2. The van der Waals surface area contributed by atoms with E-state index in [4.69, 9.17) is 9.47 Å². The van der Waals surface area contributed by atoms with Crippen molar-refractivity contribution >= 4 is 34.1 Å². The van der Waals surface area contributed by atoms with Crippen molar-refractivity contribution in [1.29, 1.82) is 0 Å². The molecule has 8 nitrogen and oxygen atoms in total. The van der Waals surface area contributed by atoms with Gasteiger partial charge in [0.1, 0.15) is 16.5 Å². The topological polar surface area (TPSA) is 88.2 Å². The van der Waals surface area contributed by atoms with Crippen molar-refractivity contribution in [3.63, 3.8) is 0 Å². The van der Waals surface area contributed by atoms with Crippen LogP contribution in [0, 0.1) is 0 Å². The molecule has 3 amide bonds. The lowest BCUT2D eigenvalue weighted by molar-refractivity contribution is -0.131. The molecule has 0 aliphatic carbocycles. The molecule has 30 heavy (non-hydrogen) atoms. The number of thiophene rings is 1. The Kier molecular flexibility index (Phi) is 5.38. The highest BCUT2D eigenvalue weighted by Gasteiger charge is 2.33. The summed E-state index contributed by atoms with van der Waals surface area (Å²) < 4.78 is 10.6. The molecule has 0 fully saturated rings. The van der Waals surface area contributed by atoms with Gasteiger partial charge in [-0.25, -0.2) is 0 Å². The number of carbonyl (C=O) groups is 3. The molecule has 0 saturated heterocycles. The number of ether oxygens (including phenoxy) is 2. The Morgan fingerprint density at radius 1 is 1.20 bits per heavy atom. The van der Waals surface area contributed by atoms with E-state index in [9.17, 15) is 14.4 Å². The Balaban J connectivity index is 1.56. The lowest BCUT2D eigenvalue weighted by atomic mass is 10.0. The van der Waals surface area contributed by atoms with E-state index in [1.807, 2.05) is 6.07 Å². The van der Waals surface area contributed by atoms with Crippen LogP contribution in [0.3, 0.4) is 0 Å². The zero-order valence-corrected chi connectivity index (χ0v) is 17.9. The van der Waals surface area contributed by atoms with Gasteiger partial charge < -0.3 is 24.6 Å². The molecule has 2 aliphatic rings. The largest absolute Gasteiger partial charge is 0.497 e. The summed E-state index contributed by atoms with van der Waals surface area (Å²) in [5.74, 6) is 0.923. The first-order chi connectivity index (χ1) is 14.4. The second-order valence-corrected chi connectivity index (χ2v) is 8.44. The molecule has 0 saturated carbocycles. The molecule has 0 radical (unpaired) electrons. The van der Waals surface area contributed by atoms with Crippen LogP contribution in [-0.2, 0) is 29.0 Å². The van der Waals surface area contributed by atoms with E-state index in [1.54, 1.807) is 38.3 Å². The molecule has 4 rings (SSSR count). The third-order valence-corrected chi connectivity index (χ3v) is 6.57. The second kappa shape index (κ2) is 7.98. The molecule has 0 spiro atoms. The molecule has 1 N–H and O–H groups in total. The number of likely N-dealkylation sites (N-methyl/N-ethyl adjacent to an activating group) is 1. The Hall–Kier alpha value is -3.07. The van der Waals surface area contributed by atoms with Gasteiger partial charge in [-0.05, 0) is 30.2 Å². The number of carbonyl (C=O) groups excluding carboxylic acids is 3. The molecule has 9 heteroatoms. The summed E-state index contributed by atoms with van der Waals surface area (Å²) >= 11 is 1.38. The zero-order chi connectivity index (χ0) is 21.4. The average Bonchev–Trinajstić information content (AvgIpc) is 3.04. The summed E-state index contributed by atoms with van der Waals surface area (Å²) in [6, 6.07) is 5.39. The first-order valence-corrected chi connectivity index (χ1v) is 10.4. The second-order valence-electron chi connectivity index (χ2n) is 7.34. The van der Waals surface area contributed by atoms with Gasteiger partial charge in [0.15, 0.2) is 0 Å². The Morgan fingerprint density at radius 2 is 2.00 bits per heavy atom. The number of benzene rings is 1. The van der Waals surface area contributed by atoms with E-state index in [2.05, 4.69) is 5.32 Å². The van der Waals surface area contributed by atoms with Gasteiger partial charge in [-0.2, -0.15) is 0 Å². The van der Waals surface area contributed by atoms with Crippen molar-refractivity contribution in [2.75, 3.05) is 39.7 Å². The number of nitrogens with one attached hydrogen (secondary N) is 1. The molecule has 1 aromatic carbocycles. The predicted octanol–water partition coefficient (Wildman–Crippen LogP) is 1.92. The SMILES string of the molecule is COc1ccc(OC)c(CC(=O)N2CCc3c(sc4c3C(=O)N(C)CC(=O)N4)C2)c1. The van der Waals surface area contributed by atoms with Crippen LogP contribution < -0.4 is 14.8 Å². The summed E-state index contributed by atoms with van der Waals surface area (Å²) in [6.07, 6.45) is 0.775. The summed E-state index contributed by atoms with van der Waals surface area (Å²) in [7, 11) is 4.78. The molecular formula is C21H23N3O5S. The maximum Gasteiger partial charge on any atom is 0.257 e. The van der Waals surface area contributed by atoms with Gasteiger partial charge in [0.2, 0.25) is 11.8 Å². The molecule has 0 bridgehead atoms. The van der Waals surface area contributed by atoms with Crippen molar-refractivity contribution < 1.29 is 23.9 Å². The van der Waals surface area contributed by atoms with Crippen LogP contribution in [-0.4, -0.2) is 61.9 Å². The van der Waals surface area contributed by atoms with E-state index < -0.39 is 0 Å². The fourth-order valence-corrected chi connectivity index (χ4v) is 5.14. The number of amides is 3. The number of hydrogen-bond donors (Lipinski definition) is 1. The van der Waals surface area contributed by atoms with Crippen LogP contribution >= 0.6 is 11.3 Å². The van der Waals surface area contributed by atoms with Crippen molar-refractivity contribution in [2.24, 2.45) is 0 Å². The Morgan fingerprint density at radius 3 is 2.73 bits per heavy atom. The molecule has 0 atom stereocenters. The Bertz CT molecular complexity index is 1030. The van der Waals surface area contributed by atoms with Crippen molar-refractivity contribution in [3.05, 3.63) is 39.8 Å². The summed E-state index contributed by atoms with van der Waals surface area (Å²) in [6.45, 7) is 0.985.